The van der Waals surface area contributed by atoms with Crippen molar-refractivity contribution in [1.82, 2.24) is 0 Å². The Morgan fingerprint density at radius 1 is 1.22 bits per heavy atom. The zero-order chi connectivity index (χ0) is 13.3. The topological polar surface area (TPSA) is 103 Å². The number of thiophene rings is 1. The van der Waals surface area contributed by atoms with E-state index in [-0.39, 0.29) is 21.3 Å². The Kier molecular flexibility index (Phi) is 3.37. The van der Waals surface area contributed by atoms with Crippen LogP contribution in [0.4, 0.5) is 10.7 Å². The van der Waals surface area contributed by atoms with Gasteiger partial charge in [-0.25, -0.2) is 0 Å². The van der Waals surface area contributed by atoms with Gasteiger partial charge in [0.25, 0.3) is 5.69 Å². The Morgan fingerprint density at radius 3 is 2.50 bits per heavy atom. The van der Waals surface area contributed by atoms with E-state index in [0.717, 1.165) is 30.2 Å². The predicted octanol–water partition coefficient (Wildman–Crippen LogP) is 2.79. The highest BCUT2D eigenvalue weighted by atomic mass is 32.1. The molecule has 1 aromatic rings. The molecule has 0 unspecified atom stereocenters. The first-order valence-electron chi connectivity index (χ1n) is 5.46. The molecule has 0 bridgehead atoms. The van der Waals surface area contributed by atoms with Gasteiger partial charge < -0.3 is 0 Å². The van der Waals surface area contributed by atoms with Crippen molar-refractivity contribution in [2.45, 2.75) is 31.6 Å². The molecule has 18 heavy (non-hydrogen) atoms. The summed E-state index contributed by atoms with van der Waals surface area (Å²) in [5.41, 5.74) is -0.299. The van der Waals surface area contributed by atoms with Gasteiger partial charge in [-0.05, 0) is 12.8 Å². The molecule has 2 rings (SSSR count). The fourth-order valence-electron chi connectivity index (χ4n) is 2.13. The fraction of sp³-hybridized carbons (Fsp3) is 0.500. The summed E-state index contributed by atoms with van der Waals surface area (Å²) in [5, 5.41) is 21.3. The molecule has 1 fully saturated rings. The van der Waals surface area contributed by atoms with Crippen molar-refractivity contribution in [3.8, 4) is 0 Å². The monoisotopic (exact) mass is 270 g/mol. The van der Waals surface area contributed by atoms with Crippen LogP contribution in [-0.2, 0) is 4.79 Å². The average molecular weight is 270 g/mol. The standard InChI is InChI=1S/C10H10N2O5S/c13-8-4-2-1-3-6(8)10-7(11(14)15)5-9(18-10)12(16)17/h5-6H,1-4H2/t6-/m0/s1. The van der Waals surface area contributed by atoms with Crippen molar-refractivity contribution < 1.29 is 14.6 Å². The molecule has 0 aliphatic heterocycles. The number of carbonyl (C=O) groups is 1. The summed E-state index contributed by atoms with van der Waals surface area (Å²) in [6, 6.07) is 0.946. The number of hydrogen-bond acceptors (Lipinski definition) is 6. The van der Waals surface area contributed by atoms with E-state index >= 15 is 0 Å². The quantitative estimate of drug-likeness (QED) is 0.620. The Bertz CT molecular complexity index is 524. The Hall–Kier alpha value is -1.83. The van der Waals surface area contributed by atoms with Gasteiger partial charge >= 0.3 is 5.00 Å². The van der Waals surface area contributed by atoms with E-state index in [4.69, 9.17) is 0 Å². The highest BCUT2D eigenvalue weighted by Crippen LogP contribution is 2.43. The first kappa shape index (κ1) is 12.6. The first-order chi connectivity index (χ1) is 8.50. The van der Waals surface area contributed by atoms with Gasteiger partial charge in [-0.15, -0.1) is 0 Å². The number of rotatable bonds is 3. The Labute approximate surface area is 106 Å². The second-order valence-corrected chi connectivity index (χ2v) is 5.18. The fourth-order valence-corrected chi connectivity index (χ4v) is 3.22. The smallest absolute Gasteiger partial charge is 0.299 e. The average Bonchev–Trinajstić information content (AvgIpc) is 2.74. The van der Waals surface area contributed by atoms with Crippen molar-refractivity contribution in [3.05, 3.63) is 31.2 Å². The van der Waals surface area contributed by atoms with Gasteiger partial charge in [-0.3, -0.25) is 25.0 Å². The maximum atomic E-state index is 11.8. The maximum Gasteiger partial charge on any atom is 0.331 e. The van der Waals surface area contributed by atoms with Crippen LogP contribution in [-0.4, -0.2) is 15.6 Å². The van der Waals surface area contributed by atoms with E-state index in [2.05, 4.69) is 0 Å². The number of hydrogen-bond donors (Lipinski definition) is 0. The van der Waals surface area contributed by atoms with E-state index in [0.29, 0.717) is 12.8 Å². The lowest BCUT2D eigenvalue weighted by Crippen LogP contribution is -2.16. The number of nitro groups is 2. The predicted molar refractivity (Wildman–Crippen MR) is 63.8 cm³/mol. The third kappa shape index (κ3) is 2.23. The molecule has 0 spiro atoms. The van der Waals surface area contributed by atoms with Crippen LogP contribution in [0.5, 0.6) is 0 Å². The van der Waals surface area contributed by atoms with Gasteiger partial charge in [0, 0.05) is 6.42 Å². The van der Waals surface area contributed by atoms with Crippen LogP contribution in [0.15, 0.2) is 6.07 Å². The van der Waals surface area contributed by atoms with Crippen molar-refractivity contribution in [3.63, 3.8) is 0 Å². The molecular formula is C10H10N2O5S. The van der Waals surface area contributed by atoms with Crippen LogP contribution in [0.3, 0.4) is 0 Å². The lowest BCUT2D eigenvalue weighted by molar-refractivity contribution is -0.390. The molecular weight excluding hydrogens is 260 g/mol. The van der Waals surface area contributed by atoms with Gasteiger partial charge in [0.2, 0.25) is 0 Å². The lowest BCUT2D eigenvalue weighted by Gasteiger charge is -2.18. The van der Waals surface area contributed by atoms with Gasteiger partial charge in [-0.1, -0.05) is 17.8 Å². The van der Waals surface area contributed by atoms with Crippen molar-refractivity contribution in [2.24, 2.45) is 0 Å². The molecule has 1 atom stereocenters. The molecule has 1 aromatic heterocycles. The molecule has 7 nitrogen and oxygen atoms in total. The molecule has 0 aromatic carbocycles. The normalized spacial score (nSPS) is 19.8. The number of Topliss-reactive ketones (excluding diaryl/α,β-unsaturated/α-hetero) is 1. The molecule has 96 valence electrons. The molecule has 1 heterocycles. The Morgan fingerprint density at radius 2 is 1.94 bits per heavy atom. The molecule has 0 N–H and O–H groups in total. The van der Waals surface area contributed by atoms with Crippen molar-refractivity contribution >= 4 is 27.8 Å². The summed E-state index contributed by atoms with van der Waals surface area (Å²) in [6.45, 7) is 0. The summed E-state index contributed by atoms with van der Waals surface area (Å²) in [7, 11) is 0. The van der Waals surface area contributed by atoms with Crippen LogP contribution >= 0.6 is 11.3 Å². The zero-order valence-corrected chi connectivity index (χ0v) is 10.1. The first-order valence-corrected chi connectivity index (χ1v) is 6.27. The largest absolute Gasteiger partial charge is 0.331 e. The molecule has 0 radical (unpaired) electrons. The second kappa shape index (κ2) is 4.81. The number of ketones is 1. The number of carbonyl (C=O) groups excluding carboxylic acids is 1. The summed E-state index contributed by atoms with van der Waals surface area (Å²) < 4.78 is 0. The van der Waals surface area contributed by atoms with Crippen LogP contribution in [0, 0.1) is 20.2 Å². The van der Waals surface area contributed by atoms with Crippen molar-refractivity contribution in [2.75, 3.05) is 0 Å². The van der Waals surface area contributed by atoms with E-state index in [1.54, 1.807) is 0 Å². The third-order valence-corrected chi connectivity index (χ3v) is 4.16. The minimum Gasteiger partial charge on any atom is -0.299 e. The maximum absolute atomic E-state index is 11.8. The van der Waals surface area contributed by atoms with Gasteiger partial charge in [0.1, 0.15) is 11.8 Å². The third-order valence-electron chi connectivity index (χ3n) is 2.97. The minimum absolute atomic E-state index is 0.0545. The molecule has 1 saturated carbocycles. The summed E-state index contributed by atoms with van der Waals surface area (Å²) >= 11 is 0.745. The van der Waals surface area contributed by atoms with E-state index in [9.17, 15) is 25.0 Å². The summed E-state index contributed by atoms with van der Waals surface area (Å²) in [6.07, 6.45) is 2.54. The van der Waals surface area contributed by atoms with Crippen LogP contribution < -0.4 is 0 Å². The number of nitrogens with zero attached hydrogens (tertiary/aromatic N) is 2. The zero-order valence-electron chi connectivity index (χ0n) is 9.33. The van der Waals surface area contributed by atoms with Crippen LogP contribution in [0.25, 0.3) is 0 Å². The highest BCUT2D eigenvalue weighted by Gasteiger charge is 2.34. The molecule has 8 heteroatoms. The van der Waals surface area contributed by atoms with Gasteiger partial charge in [0.05, 0.1) is 20.6 Å². The molecule has 1 aliphatic rings. The minimum atomic E-state index is -0.658. The molecule has 0 amide bonds. The van der Waals surface area contributed by atoms with Gasteiger partial charge in [-0.2, -0.15) is 0 Å². The second-order valence-electron chi connectivity index (χ2n) is 4.11. The summed E-state index contributed by atoms with van der Waals surface area (Å²) in [4.78, 5) is 32.2. The SMILES string of the molecule is O=C1CCCC[C@@H]1c1sc([N+](=O)[O-])cc1[N+](=O)[O-]. The van der Waals surface area contributed by atoms with E-state index in [1.165, 1.54) is 0 Å². The lowest BCUT2D eigenvalue weighted by atomic mass is 9.86. The highest BCUT2D eigenvalue weighted by molar-refractivity contribution is 7.16. The van der Waals surface area contributed by atoms with Crippen molar-refractivity contribution in [1.29, 1.82) is 0 Å². The van der Waals surface area contributed by atoms with Crippen LogP contribution in [0.1, 0.15) is 36.5 Å². The molecule has 1 aliphatic carbocycles. The van der Waals surface area contributed by atoms with Gasteiger partial charge in [0.15, 0.2) is 0 Å². The van der Waals surface area contributed by atoms with Crippen LogP contribution in [0.2, 0.25) is 0 Å². The van der Waals surface area contributed by atoms with E-state index in [1.807, 2.05) is 0 Å². The Balaban J connectivity index is 2.44. The summed E-state index contributed by atoms with van der Waals surface area (Å²) in [5.74, 6) is -0.598. The molecule has 0 saturated heterocycles. The van der Waals surface area contributed by atoms with E-state index < -0.39 is 15.8 Å².